The van der Waals surface area contributed by atoms with Crippen LogP contribution in [0.5, 0.6) is 0 Å². The molecule has 0 atom stereocenters. The summed E-state index contributed by atoms with van der Waals surface area (Å²) in [6, 6.07) is 8.00. The number of hydrogen-bond donors (Lipinski definition) is 2. The van der Waals surface area contributed by atoms with E-state index < -0.39 is 0 Å². The van der Waals surface area contributed by atoms with Crippen LogP contribution in [0.4, 0.5) is 0 Å². The van der Waals surface area contributed by atoms with Gasteiger partial charge in [-0.2, -0.15) is 0 Å². The lowest BCUT2D eigenvalue weighted by Crippen LogP contribution is -2.31. The quantitative estimate of drug-likeness (QED) is 0.505. The number of hydrogen-bond acceptors (Lipinski definition) is 3. The average Bonchev–Trinajstić information content (AvgIpc) is 2.92. The number of nitrogens with zero attached hydrogens (tertiary/aromatic N) is 2. The number of carbonyl (C=O) groups is 1. The Morgan fingerprint density at radius 1 is 1.24 bits per heavy atom. The third-order valence-electron chi connectivity index (χ3n) is 4.08. The molecule has 21 heavy (non-hydrogen) atoms. The zero-order valence-electron chi connectivity index (χ0n) is 12.0. The van der Waals surface area contributed by atoms with Gasteiger partial charge in [0.2, 0.25) is 5.91 Å². The van der Waals surface area contributed by atoms with E-state index in [1.807, 2.05) is 24.5 Å². The van der Waals surface area contributed by atoms with Crippen LogP contribution in [0.3, 0.4) is 0 Å². The van der Waals surface area contributed by atoms with Gasteiger partial charge in [0.15, 0.2) is 0 Å². The normalized spacial score (nSPS) is 13.8. The van der Waals surface area contributed by atoms with Crippen molar-refractivity contribution >= 4 is 5.91 Å². The first-order valence-electron chi connectivity index (χ1n) is 7.37. The lowest BCUT2D eigenvalue weighted by molar-refractivity contribution is -0.120. The van der Waals surface area contributed by atoms with Crippen molar-refractivity contribution in [2.45, 2.75) is 38.6 Å². The summed E-state index contributed by atoms with van der Waals surface area (Å²) < 4.78 is 2.22. The summed E-state index contributed by atoms with van der Waals surface area (Å²) in [5, 5.41) is 0. The third-order valence-corrected chi connectivity index (χ3v) is 4.08. The summed E-state index contributed by atoms with van der Waals surface area (Å²) in [4.78, 5) is 16.0. The highest BCUT2D eigenvalue weighted by Crippen LogP contribution is 2.21. The Bertz CT molecular complexity index is 647. The van der Waals surface area contributed by atoms with Crippen molar-refractivity contribution < 1.29 is 4.79 Å². The Balaban J connectivity index is 1.85. The van der Waals surface area contributed by atoms with E-state index in [4.69, 9.17) is 5.84 Å². The molecule has 0 bridgehead atoms. The molecule has 0 aliphatic heterocycles. The Labute approximate surface area is 124 Å². The molecule has 1 aliphatic carbocycles. The number of aryl methyl sites for hydroxylation is 1. The Morgan fingerprint density at radius 3 is 2.81 bits per heavy atom. The van der Waals surface area contributed by atoms with Gasteiger partial charge in [-0.15, -0.1) is 0 Å². The SMILES string of the molecule is NNC(=O)Cc1ccccc1Cn1cnc2c1CCCC2. The molecular formula is C16H20N4O. The molecule has 3 N–H and O–H groups in total. The van der Waals surface area contributed by atoms with Gasteiger partial charge in [-0.1, -0.05) is 24.3 Å². The van der Waals surface area contributed by atoms with Crippen molar-refractivity contribution in [1.29, 1.82) is 0 Å². The molecule has 3 rings (SSSR count). The number of imidazole rings is 1. The maximum Gasteiger partial charge on any atom is 0.238 e. The molecule has 1 heterocycles. The molecule has 110 valence electrons. The van der Waals surface area contributed by atoms with Gasteiger partial charge in [0, 0.05) is 12.2 Å². The molecule has 1 aromatic heterocycles. The number of hydrazine groups is 1. The minimum atomic E-state index is -0.171. The first-order chi connectivity index (χ1) is 10.3. The molecule has 1 aromatic carbocycles. The minimum absolute atomic E-state index is 0.171. The van der Waals surface area contributed by atoms with Crippen LogP contribution in [0, 0.1) is 0 Å². The first-order valence-corrected chi connectivity index (χ1v) is 7.37. The minimum Gasteiger partial charge on any atom is -0.330 e. The van der Waals surface area contributed by atoms with E-state index >= 15 is 0 Å². The van der Waals surface area contributed by atoms with E-state index in [-0.39, 0.29) is 5.91 Å². The highest BCUT2D eigenvalue weighted by molar-refractivity contribution is 5.78. The molecule has 0 unspecified atom stereocenters. The summed E-state index contributed by atoms with van der Waals surface area (Å²) in [5.41, 5.74) is 6.93. The smallest absolute Gasteiger partial charge is 0.238 e. The number of rotatable bonds is 4. The second-order valence-electron chi connectivity index (χ2n) is 5.49. The van der Waals surface area contributed by atoms with Gasteiger partial charge in [-0.3, -0.25) is 10.2 Å². The lowest BCUT2D eigenvalue weighted by Gasteiger charge is -2.15. The van der Waals surface area contributed by atoms with Gasteiger partial charge in [-0.05, 0) is 36.8 Å². The predicted octanol–water partition coefficient (Wildman–Crippen LogP) is 1.34. The molecule has 0 saturated carbocycles. The van der Waals surface area contributed by atoms with E-state index in [1.165, 1.54) is 24.2 Å². The monoisotopic (exact) mass is 284 g/mol. The molecule has 0 fully saturated rings. The van der Waals surface area contributed by atoms with Gasteiger partial charge in [0.25, 0.3) is 0 Å². The van der Waals surface area contributed by atoms with Crippen LogP contribution in [0.15, 0.2) is 30.6 Å². The fraction of sp³-hybridized carbons (Fsp3) is 0.375. The van der Waals surface area contributed by atoms with Crippen molar-refractivity contribution in [2.75, 3.05) is 0 Å². The molecule has 0 spiro atoms. The molecular weight excluding hydrogens is 264 g/mol. The molecule has 1 amide bonds. The largest absolute Gasteiger partial charge is 0.330 e. The third kappa shape index (κ3) is 2.97. The van der Waals surface area contributed by atoms with Crippen molar-refractivity contribution in [3.8, 4) is 0 Å². The van der Waals surface area contributed by atoms with Gasteiger partial charge in [-0.25, -0.2) is 10.8 Å². The first kappa shape index (κ1) is 13.8. The van der Waals surface area contributed by atoms with Crippen LogP contribution in [0.2, 0.25) is 0 Å². The van der Waals surface area contributed by atoms with Gasteiger partial charge < -0.3 is 4.57 Å². The average molecular weight is 284 g/mol. The Hall–Kier alpha value is -2.14. The maximum atomic E-state index is 11.5. The number of fused-ring (bicyclic) bond motifs is 1. The summed E-state index contributed by atoms with van der Waals surface area (Å²) in [7, 11) is 0. The zero-order valence-corrected chi connectivity index (χ0v) is 12.0. The molecule has 5 nitrogen and oxygen atoms in total. The van der Waals surface area contributed by atoms with E-state index in [0.29, 0.717) is 6.42 Å². The van der Waals surface area contributed by atoms with Crippen molar-refractivity contribution in [2.24, 2.45) is 5.84 Å². The molecule has 5 heteroatoms. The van der Waals surface area contributed by atoms with Crippen LogP contribution in [0.1, 0.15) is 35.4 Å². The molecule has 2 aromatic rings. The summed E-state index contributed by atoms with van der Waals surface area (Å²) in [5.74, 6) is 5.01. The second-order valence-corrected chi connectivity index (χ2v) is 5.49. The molecule has 0 saturated heterocycles. The van der Waals surface area contributed by atoms with Crippen LogP contribution < -0.4 is 11.3 Å². The number of nitrogens with two attached hydrogens (primary N) is 1. The fourth-order valence-corrected chi connectivity index (χ4v) is 2.96. The van der Waals surface area contributed by atoms with Crippen LogP contribution >= 0.6 is 0 Å². The number of carbonyl (C=O) groups excluding carboxylic acids is 1. The topological polar surface area (TPSA) is 72.9 Å². The Kier molecular flexibility index (Phi) is 4.01. The Morgan fingerprint density at radius 2 is 2.00 bits per heavy atom. The number of nitrogens with one attached hydrogen (secondary N) is 1. The van der Waals surface area contributed by atoms with Gasteiger partial charge in [0.05, 0.1) is 18.4 Å². The second kappa shape index (κ2) is 6.10. The molecule has 1 aliphatic rings. The maximum absolute atomic E-state index is 11.5. The van der Waals surface area contributed by atoms with Gasteiger partial charge >= 0.3 is 0 Å². The van der Waals surface area contributed by atoms with Crippen LogP contribution in [-0.4, -0.2) is 15.5 Å². The van der Waals surface area contributed by atoms with Crippen molar-refractivity contribution in [3.63, 3.8) is 0 Å². The predicted molar refractivity (Wildman–Crippen MR) is 80.4 cm³/mol. The number of amides is 1. The van der Waals surface area contributed by atoms with Crippen LogP contribution in [0.25, 0.3) is 0 Å². The van der Waals surface area contributed by atoms with Crippen LogP contribution in [-0.2, 0) is 30.6 Å². The van der Waals surface area contributed by atoms with Crippen molar-refractivity contribution in [1.82, 2.24) is 15.0 Å². The number of benzene rings is 1. The highest BCUT2D eigenvalue weighted by Gasteiger charge is 2.16. The molecule has 0 radical (unpaired) electrons. The van der Waals surface area contributed by atoms with E-state index in [1.54, 1.807) is 0 Å². The van der Waals surface area contributed by atoms with E-state index in [9.17, 15) is 4.79 Å². The number of aromatic nitrogens is 2. The highest BCUT2D eigenvalue weighted by atomic mass is 16.2. The summed E-state index contributed by atoms with van der Waals surface area (Å²) >= 11 is 0. The van der Waals surface area contributed by atoms with E-state index in [0.717, 1.165) is 30.5 Å². The van der Waals surface area contributed by atoms with Gasteiger partial charge in [0.1, 0.15) is 0 Å². The standard InChI is InChI=1S/C16H20N4O/c17-19-16(21)9-12-5-1-2-6-13(12)10-20-11-18-14-7-3-4-8-15(14)20/h1-2,5-6,11H,3-4,7-10,17H2,(H,19,21). The zero-order chi connectivity index (χ0) is 14.7. The summed E-state index contributed by atoms with van der Waals surface area (Å²) in [6.07, 6.45) is 6.88. The summed E-state index contributed by atoms with van der Waals surface area (Å²) in [6.45, 7) is 0.760. The van der Waals surface area contributed by atoms with E-state index in [2.05, 4.69) is 21.0 Å². The lowest BCUT2D eigenvalue weighted by atomic mass is 10.0. The fourth-order valence-electron chi connectivity index (χ4n) is 2.96. The van der Waals surface area contributed by atoms with Crippen molar-refractivity contribution in [3.05, 3.63) is 53.1 Å².